The fourth-order valence-corrected chi connectivity index (χ4v) is 3.09. The molecule has 1 aliphatic carbocycles. The number of halogens is 2. The third-order valence-electron chi connectivity index (χ3n) is 4.19. The lowest BCUT2D eigenvalue weighted by Crippen LogP contribution is -2.43. The predicted octanol–water partition coefficient (Wildman–Crippen LogP) is 3.90. The van der Waals surface area contributed by atoms with Gasteiger partial charge in [0.15, 0.2) is 0 Å². The van der Waals surface area contributed by atoms with Gasteiger partial charge >= 0.3 is 0 Å². The first-order chi connectivity index (χ1) is 9.88. The molecule has 118 valence electrons. The monoisotopic (exact) mass is 331 g/mol. The molecule has 1 aliphatic rings. The average molecular weight is 332 g/mol. The van der Waals surface area contributed by atoms with Crippen molar-refractivity contribution < 1.29 is 9.84 Å². The first-order valence-electron chi connectivity index (χ1n) is 7.38. The van der Waals surface area contributed by atoms with E-state index in [2.05, 4.69) is 19.2 Å². The maximum atomic E-state index is 10.0. The van der Waals surface area contributed by atoms with E-state index < -0.39 is 6.10 Å². The van der Waals surface area contributed by atoms with Gasteiger partial charge in [-0.25, -0.2) is 0 Å². The maximum absolute atomic E-state index is 10.0. The van der Waals surface area contributed by atoms with E-state index >= 15 is 0 Å². The number of rotatable bonds is 6. The molecule has 0 radical (unpaired) electrons. The summed E-state index contributed by atoms with van der Waals surface area (Å²) in [5.41, 5.74) is 0.310. The van der Waals surface area contributed by atoms with Crippen LogP contribution in [0.3, 0.4) is 0 Å². The van der Waals surface area contributed by atoms with Crippen molar-refractivity contribution in [1.29, 1.82) is 0 Å². The molecule has 1 fully saturated rings. The number of ether oxygens (including phenoxy) is 1. The lowest BCUT2D eigenvalue weighted by atomic mass is 9.87. The molecule has 0 heterocycles. The Kier molecular flexibility index (Phi) is 5.78. The molecule has 0 aliphatic heterocycles. The van der Waals surface area contributed by atoms with E-state index in [0.717, 1.165) is 0 Å². The minimum Gasteiger partial charge on any atom is -0.491 e. The van der Waals surface area contributed by atoms with Crippen molar-refractivity contribution in [3.05, 3.63) is 28.2 Å². The highest BCUT2D eigenvalue weighted by Gasteiger charge is 2.34. The van der Waals surface area contributed by atoms with Crippen molar-refractivity contribution in [2.45, 2.75) is 45.3 Å². The van der Waals surface area contributed by atoms with Gasteiger partial charge < -0.3 is 15.2 Å². The molecule has 1 aromatic rings. The van der Waals surface area contributed by atoms with Gasteiger partial charge in [-0.3, -0.25) is 0 Å². The third-order valence-corrected chi connectivity index (χ3v) is 4.93. The van der Waals surface area contributed by atoms with Crippen LogP contribution >= 0.6 is 23.2 Å². The summed E-state index contributed by atoms with van der Waals surface area (Å²) in [4.78, 5) is 0. The van der Waals surface area contributed by atoms with Crippen molar-refractivity contribution in [3.8, 4) is 5.75 Å². The first kappa shape index (κ1) is 16.9. The van der Waals surface area contributed by atoms with Crippen LogP contribution in [0.4, 0.5) is 0 Å². The summed E-state index contributed by atoms with van der Waals surface area (Å²) in [5, 5.41) is 14.4. The number of benzene rings is 1. The van der Waals surface area contributed by atoms with E-state index in [1.165, 1.54) is 19.3 Å². The first-order valence-corrected chi connectivity index (χ1v) is 8.13. The summed E-state index contributed by atoms with van der Waals surface area (Å²) in [6, 6.07) is 5.56. The van der Waals surface area contributed by atoms with Gasteiger partial charge in [0.1, 0.15) is 18.5 Å². The van der Waals surface area contributed by atoms with Crippen molar-refractivity contribution in [3.63, 3.8) is 0 Å². The van der Waals surface area contributed by atoms with Gasteiger partial charge in [0, 0.05) is 18.7 Å². The molecule has 1 aromatic carbocycles. The van der Waals surface area contributed by atoms with E-state index in [0.29, 0.717) is 33.8 Å². The molecule has 2 N–H and O–H groups in total. The zero-order valence-electron chi connectivity index (χ0n) is 12.5. The second-order valence-corrected chi connectivity index (χ2v) is 7.20. The molecule has 5 heteroatoms. The number of hydrogen-bond donors (Lipinski definition) is 2. The molecule has 0 saturated heterocycles. The Balaban J connectivity index is 1.74. The summed E-state index contributed by atoms with van der Waals surface area (Å²) in [7, 11) is 0. The highest BCUT2D eigenvalue weighted by Crippen LogP contribution is 2.37. The molecule has 21 heavy (non-hydrogen) atoms. The predicted molar refractivity (Wildman–Crippen MR) is 87.4 cm³/mol. The molecule has 0 aromatic heterocycles. The highest BCUT2D eigenvalue weighted by atomic mass is 35.5. The number of aliphatic hydroxyl groups excluding tert-OH is 1. The van der Waals surface area contributed by atoms with Gasteiger partial charge in [0.25, 0.3) is 0 Å². The summed E-state index contributed by atoms with van der Waals surface area (Å²) in [6.07, 6.45) is 3.12. The van der Waals surface area contributed by atoms with E-state index in [4.69, 9.17) is 27.9 Å². The van der Waals surface area contributed by atoms with Gasteiger partial charge in [-0.1, -0.05) is 43.5 Å². The average Bonchev–Trinajstić information content (AvgIpc) is 2.76. The minimum absolute atomic E-state index is 0.234. The number of hydrogen-bond acceptors (Lipinski definition) is 3. The maximum Gasteiger partial charge on any atom is 0.121 e. The standard InChI is InChI=1S/C16H23Cl2NO2/c1-16(2)7-3-4-15(16)19-9-11(20)10-21-12-5-6-13(17)14(18)8-12/h5-6,8,11,15,19-20H,3-4,7,9-10H2,1-2H3. The summed E-state index contributed by atoms with van der Waals surface area (Å²) >= 11 is 11.8. The quantitative estimate of drug-likeness (QED) is 0.830. The van der Waals surface area contributed by atoms with Crippen molar-refractivity contribution in [2.24, 2.45) is 5.41 Å². The van der Waals surface area contributed by atoms with Gasteiger partial charge in [0.05, 0.1) is 10.0 Å². The molecular weight excluding hydrogens is 309 g/mol. The highest BCUT2D eigenvalue weighted by molar-refractivity contribution is 6.42. The smallest absolute Gasteiger partial charge is 0.121 e. The number of aliphatic hydroxyl groups is 1. The van der Waals surface area contributed by atoms with Crippen LogP contribution in [-0.2, 0) is 0 Å². The topological polar surface area (TPSA) is 41.5 Å². The molecule has 0 amide bonds. The second kappa shape index (κ2) is 7.19. The molecule has 0 spiro atoms. The molecule has 1 saturated carbocycles. The minimum atomic E-state index is -0.546. The zero-order valence-corrected chi connectivity index (χ0v) is 14.0. The zero-order chi connectivity index (χ0) is 15.5. The number of nitrogens with one attached hydrogen (secondary N) is 1. The Morgan fingerprint density at radius 3 is 2.76 bits per heavy atom. The van der Waals surface area contributed by atoms with Crippen LogP contribution < -0.4 is 10.1 Å². The molecule has 2 atom stereocenters. The Morgan fingerprint density at radius 1 is 1.38 bits per heavy atom. The second-order valence-electron chi connectivity index (χ2n) is 6.38. The molecule has 2 unspecified atom stereocenters. The SMILES string of the molecule is CC1(C)CCCC1NCC(O)COc1ccc(Cl)c(Cl)c1. The Morgan fingerprint density at radius 2 is 2.14 bits per heavy atom. The van der Waals surface area contributed by atoms with Crippen LogP contribution in [0.25, 0.3) is 0 Å². The largest absolute Gasteiger partial charge is 0.491 e. The molecule has 2 rings (SSSR count). The molecular formula is C16H23Cl2NO2. The molecule has 0 bridgehead atoms. The lowest BCUT2D eigenvalue weighted by Gasteiger charge is -2.28. The van der Waals surface area contributed by atoms with Gasteiger partial charge in [0.2, 0.25) is 0 Å². The van der Waals surface area contributed by atoms with Crippen LogP contribution in [-0.4, -0.2) is 30.4 Å². The fraction of sp³-hybridized carbons (Fsp3) is 0.625. The third kappa shape index (κ3) is 4.75. The summed E-state index contributed by atoms with van der Waals surface area (Å²) in [5.74, 6) is 0.615. The van der Waals surface area contributed by atoms with E-state index in [-0.39, 0.29) is 6.61 Å². The Hall–Kier alpha value is -0.480. The van der Waals surface area contributed by atoms with Gasteiger partial charge in [-0.15, -0.1) is 0 Å². The van der Waals surface area contributed by atoms with Crippen LogP contribution in [0.2, 0.25) is 10.0 Å². The molecule has 3 nitrogen and oxygen atoms in total. The summed E-state index contributed by atoms with van der Waals surface area (Å²) < 4.78 is 5.54. The van der Waals surface area contributed by atoms with Crippen LogP contribution in [0.1, 0.15) is 33.1 Å². The van der Waals surface area contributed by atoms with Crippen LogP contribution in [0.15, 0.2) is 18.2 Å². The van der Waals surface area contributed by atoms with Gasteiger partial charge in [-0.05, 0) is 30.4 Å². The van der Waals surface area contributed by atoms with E-state index in [1.807, 2.05) is 0 Å². The van der Waals surface area contributed by atoms with E-state index in [9.17, 15) is 5.11 Å². The van der Waals surface area contributed by atoms with Crippen LogP contribution in [0, 0.1) is 5.41 Å². The van der Waals surface area contributed by atoms with Crippen molar-refractivity contribution in [2.75, 3.05) is 13.2 Å². The van der Waals surface area contributed by atoms with Crippen molar-refractivity contribution >= 4 is 23.2 Å². The van der Waals surface area contributed by atoms with Gasteiger partial charge in [-0.2, -0.15) is 0 Å². The van der Waals surface area contributed by atoms with Crippen molar-refractivity contribution in [1.82, 2.24) is 5.32 Å². The normalized spacial score (nSPS) is 22.2. The fourth-order valence-electron chi connectivity index (χ4n) is 2.80. The lowest BCUT2D eigenvalue weighted by molar-refractivity contribution is 0.0986. The van der Waals surface area contributed by atoms with E-state index in [1.54, 1.807) is 18.2 Å². The Bertz CT molecular complexity index is 479. The van der Waals surface area contributed by atoms with Crippen LogP contribution in [0.5, 0.6) is 5.75 Å². The Labute approximate surface area is 136 Å². The summed E-state index contributed by atoms with van der Waals surface area (Å²) in [6.45, 7) is 5.32.